The highest BCUT2D eigenvalue weighted by Crippen LogP contribution is 2.35. The third kappa shape index (κ3) is 4.11. The van der Waals surface area contributed by atoms with E-state index in [4.69, 9.17) is 0 Å². The maximum Gasteiger partial charge on any atom is 0.180 e. The minimum Gasteiger partial charge on any atom is -0.297 e. The van der Waals surface area contributed by atoms with E-state index in [0.29, 0.717) is 16.8 Å². The van der Waals surface area contributed by atoms with Crippen molar-refractivity contribution >= 4 is 23.5 Å². The molecule has 0 fully saturated rings. The summed E-state index contributed by atoms with van der Waals surface area (Å²) in [5.74, 6) is -2.08. The summed E-state index contributed by atoms with van der Waals surface area (Å²) in [5, 5.41) is 8.63. The van der Waals surface area contributed by atoms with E-state index in [1.54, 1.807) is 42.9 Å². The molecule has 0 unspecified atom stereocenters. The molecule has 0 aliphatic heterocycles. The Hall–Kier alpha value is -4.51. The van der Waals surface area contributed by atoms with Crippen molar-refractivity contribution in [1.29, 1.82) is 0 Å². The fourth-order valence-electron chi connectivity index (χ4n) is 4.32. The summed E-state index contributed by atoms with van der Waals surface area (Å²) in [5.41, 5.74) is 4.03. The van der Waals surface area contributed by atoms with Crippen LogP contribution in [0.15, 0.2) is 120 Å². The molecule has 4 aromatic rings. The van der Waals surface area contributed by atoms with Gasteiger partial charge in [-0.05, 0) is 28.8 Å². The van der Waals surface area contributed by atoms with Gasteiger partial charge in [-0.1, -0.05) is 84.9 Å². The molecule has 164 valence electrons. The van der Waals surface area contributed by atoms with E-state index in [0.717, 1.165) is 16.7 Å². The van der Waals surface area contributed by atoms with Crippen LogP contribution in [0.25, 0.3) is 0 Å². The van der Waals surface area contributed by atoms with E-state index in [-0.39, 0.29) is 11.6 Å². The first kappa shape index (κ1) is 21.3. The van der Waals surface area contributed by atoms with Crippen LogP contribution in [0.1, 0.15) is 38.5 Å². The average Bonchev–Trinajstić information content (AvgIpc) is 3.18. The zero-order valence-electron chi connectivity index (χ0n) is 18.3. The van der Waals surface area contributed by atoms with E-state index in [9.17, 15) is 9.59 Å². The largest absolute Gasteiger partial charge is 0.297 e. The number of hydrogen-bond acceptors (Lipinski definition) is 5. The van der Waals surface area contributed by atoms with Gasteiger partial charge < -0.3 is 0 Å². The second kappa shape index (κ2) is 9.55. The van der Waals surface area contributed by atoms with Crippen LogP contribution < -0.4 is 0 Å². The van der Waals surface area contributed by atoms with Crippen molar-refractivity contribution in [2.75, 3.05) is 0 Å². The van der Waals surface area contributed by atoms with Gasteiger partial charge in [0.15, 0.2) is 11.6 Å². The molecular formula is C29H21N3O2. The predicted octanol–water partition coefficient (Wildman–Crippen LogP) is 5.12. The van der Waals surface area contributed by atoms with Crippen LogP contribution in [0.4, 0.5) is 0 Å². The first-order valence-corrected chi connectivity index (χ1v) is 11.0. The number of benzene rings is 3. The van der Waals surface area contributed by atoms with E-state index in [1.165, 1.54) is 0 Å². The maximum atomic E-state index is 14.1. The van der Waals surface area contributed by atoms with Crippen molar-refractivity contribution in [3.05, 3.63) is 137 Å². The van der Waals surface area contributed by atoms with Gasteiger partial charge in [0.05, 0.1) is 17.8 Å². The summed E-state index contributed by atoms with van der Waals surface area (Å²) in [6, 6.07) is 29.9. The van der Waals surface area contributed by atoms with Crippen LogP contribution in [0.2, 0.25) is 0 Å². The van der Waals surface area contributed by atoms with Crippen molar-refractivity contribution in [3.8, 4) is 0 Å². The molecule has 0 saturated heterocycles. The number of carbonyl (C=O) groups is 2. The van der Waals surface area contributed by atoms with Crippen LogP contribution in [-0.4, -0.2) is 28.5 Å². The molecule has 1 aliphatic carbocycles. The minimum atomic E-state index is -1.03. The first-order chi connectivity index (χ1) is 16.7. The average molecular weight is 444 g/mol. The van der Waals surface area contributed by atoms with Crippen molar-refractivity contribution < 1.29 is 9.59 Å². The highest BCUT2D eigenvalue weighted by molar-refractivity contribution is 6.38. The number of aromatic nitrogens is 1. The highest BCUT2D eigenvalue weighted by atomic mass is 16.2. The van der Waals surface area contributed by atoms with Gasteiger partial charge in [0.1, 0.15) is 5.92 Å². The number of fused-ring (bicyclic) bond motifs is 1. The van der Waals surface area contributed by atoms with E-state index in [1.807, 2.05) is 72.8 Å². The lowest BCUT2D eigenvalue weighted by atomic mass is 9.80. The molecule has 5 nitrogen and oxygen atoms in total. The molecular weight excluding hydrogens is 422 g/mol. The molecule has 0 saturated carbocycles. The van der Waals surface area contributed by atoms with Crippen molar-refractivity contribution in [2.45, 2.75) is 5.92 Å². The summed E-state index contributed by atoms with van der Waals surface area (Å²) < 4.78 is 0. The lowest BCUT2D eigenvalue weighted by molar-refractivity contribution is -0.120. The smallest absolute Gasteiger partial charge is 0.180 e. The predicted molar refractivity (Wildman–Crippen MR) is 132 cm³/mol. The monoisotopic (exact) mass is 443 g/mol. The Bertz CT molecular complexity index is 1340. The second-order valence-corrected chi connectivity index (χ2v) is 8.01. The number of Topliss-reactive ketones (excluding diaryl/α,β-unsaturated/α-hetero) is 2. The molecule has 0 amide bonds. The number of nitrogens with zero attached hydrogens (tertiary/aromatic N) is 3. The number of rotatable bonds is 6. The first-order valence-electron chi connectivity index (χ1n) is 11.0. The standard InChI is InChI=1S/C29H21N3O2/c33-28-24-14-8-7-13-23(24)27(32-31-19-20-15-17-30-18-16-20)26(28)29(34)25(21-9-3-1-4-10-21)22-11-5-2-6-12-22/h1-19,25-26H/b31-19-,32-27-/t26-/m1/s1. The fourth-order valence-corrected chi connectivity index (χ4v) is 4.32. The molecule has 1 aliphatic rings. The van der Waals surface area contributed by atoms with Gasteiger partial charge in [0, 0.05) is 23.5 Å². The molecule has 3 aromatic carbocycles. The molecule has 0 bridgehead atoms. The Morgan fingerprint density at radius 3 is 1.94 bits per heavy atom. The Labute approximate surface area is 197 Å². The lowest BCUT2D eigenvalue weighted by Gasteiger charge is -2.20. The number of ketones is 2. The Kier molecular flexibility index (Phi) is 5.99. The number of pyridine rings is 1. The SMILES string of the molecule is O=C1c2ccccc2/C(=N/N=C\c2ccncc2)[C@H]1C(=O)C(c1ccccc1)c1ccccc1. The van der Waals surface area contributed by atoms with Gasteiger partial charge in [-0.2, -0.15) is 10.2 Å². The normalized spacial score (nSPS) is 16.3. The van der Waals surface area contributed by atoms with Crippen LogP contribution in [0, 0.1) is 5.92 Å². The summed E-state index contributed by atoms with van der Waals surface area (Å²) in [7, 11) is 0. The zero-order chi connectivity index (χ0) is 23.3. The summed E-state index contributed by atoms with van der Waals surface area (Å²) in [4.78, 5) is 31.6. The summed E-state index contributed by atoms with van der Waals surface area (Å²) in [6.07, 6.45) is 4.92. The highest BCUT2D eigenvalue weighted by Gasteiger charge is 2.44. The third-order valence-corrected chi connectivity index (χ3v) is 5.92. The van der Waals surface area contributed by atoms with Gasteiger partial charge in [0.2, 0.25) is 0 Å². The molecule has 0 radical (unpaired) electrons. The maximum absolute atomic E-state index is 14.1. The molecule has 5 heteroatoms. The van der Waals surface area contributed by atoms with Crippen LogP contribution in [-0.2, 0) is 4.79 Å². The molecule has 5 rings (SSSR count). The van der Waals surface area contributed by atoms with E-state index in [2.05, 4.69) is 15.2 Å². The Morgan fingerprint density at radius 1 is 0.765 bits per heavy atom. The van der Waals surface area contributed by atoms with E-state index < -0.39 is 11.8 Å². The lowest BCUT2D eigenvalue weighted by Crippen LogP contribution is -2.31. The second-order valence-electron chi connectivity index (χ2n) is 8.01. The van der Waals surface area contributed by atoms with Crippen molar-refractivity contribution in [1.82, 2.24) is 4.98 Å². The number of carbonyl (C=O) groups excluding carboxylic acids is 2. The molecule has 1 heterocycles. The summed E-state index contributed by atoms with van der Waals surface area (Å²) in [6.45, 7) is 0. The summed E-state index contributed by atoms with van der Waals surface area (Å²) >= 11 is 0. The molecule has 1 atom stereocenters. The third-order valence-electron chi connectivity index (χ3n) is 5.92. The number of hydrogen-bond donors (Lipinski definition) is 0. The molecule has 1 aromatic heterocycles. The van der Waals surface area contributed by atoms with Gasteiger partial charge in [-0.25, -0.2) is 0 Å². The van der Waals surface area contributed by atoms with Crippen molar-refractivity contribution in [2.24, 2.45) is 16.1 Å². The van der Waals surface area contributed by atoms with Crippen LogP contribution in [0.5, 0.6) is 0 Å². The van der Waals surface area contributed by atoms with Crippen molar-refractivity contribution in [3.63, 3.8) is 0 Å². The van der Waals surface area contributed by atoms with Crippen LogP contribution >= 0.6 is 0 Å². The molecule has 34 heavy (non-hydrogen) atoms. The Morgan fingerprint density at radius 2 is 1.32 bits per heavy atom. The van der Waals surface area contributed by atoms with Gasteiger partial charge in [-0.3, -0.25) is 14.6 Å². The fraction of sp³-hybridized carbons (Fsp3) is 0.0690. The minimum absolute atomic E-state index is 0.212. The van der Waals surface area contributed by atoms with Crippen LogP contribution in [0.3, 0.4) is 0 Å². The quantitative estimate of drug-likeness (QED) is 0.236. The zero-order valence-corrected chi connectivity index (χ0v) is 18.3. The van der Waals surface area contributed by atoms with Gasteiger partial charge in [-0.15, -0.1) is 0 Å². The van der Waals surface area contributed by atoms with Gasteiger partial charge in [0.25, 0.3) is 0 Å². The Balaban J connectivity index is 1.59. The molecule has 0 spiro atoms. The van der Waals surface area contributed by atoms with Gasteiger partial charge >= 0.3 is 0 Å². The topological polar surface area (TPSA) is 71.8 Å². The van der Waals surface area contributed by atoms with E-state index >= 15 is 0 Å². The molecule has 0 N–H and O–H groups in total.